The third kappa shape index (κ3) is 3.85. The number of benzene rings is 6. The minimum absolute atomic E-state index is 0.0290. The summed E-state index contributed by atoms with van der Waals surface area (Å²) in [4.78, 5) is 2.57. The first-order valence-corrected chi connectivity index (χ1v) is 18.9. The standard InChI is InChI=1S/C46H37BN2OS/c1-45(2,3)26-18-21-28(22-19-26)48-34-15-11-16-35-40(34)47(44-43(48)32-24-27(46(4,5)6)20-23-38(32)51-44)41-39-30-13-8-10-17-36(30)50-37(39)25-31-29-12-7-9-14-33(29)49(35)42(31)41/h7-25H,1-6H3. The fourth-order valence-electron chi connectivity index (χ4n) is 9.03. The van der Waals surface area contributed by atoms with E-state index in [0.717, 1.165) is 11.2 Å². The van der Waals surface area contributed by atoms with Crippen LogP contribution >= 0.6 is 11.3 Å². The van der Waals surface area contributed by atoms with E-state index in [1.165, 1.54) is 92.2 Å². The van der Waals surface area contributed by atoms with Gasteiger partial charge in [-0.3, -0.25) is 0 Å². The summed E-state index contributed by atoms with van der Waals surface area (Å²) in [6, 6.07) is 43.2. The molecule has 0 atom stereocenters. The number of hydrogen-bond acceptors (Lipinski definition) is 3. The van der Waals surface area contributed by atoms with Crippen LogP contribution in [-0.4, -0.2) is 11.3 Å². The predicted molar refractivity (Wildman–Crippen MR) is 220 cm³/mol. The molecule has 5 heterocycles. The Morgan fingerprint density at radius 1 is 0.588 bits per heavy atom. The molecule has 3 nitrogen and oxygen atoms in total. The second-order valence-corrected chi connectivity index (χ2v) is 17.6. The Kier molecular flexibility index (Phi) is 5.63. The fraction of sp³-hybridized carbons (Fsp3) is 0.174. The Hall–Kier alpha value is -5.26. The molecule has 6 aromatic carbocycles. The van der Waals surface area contributed by atoms with Gasteiger partial charge in [-0.15, -0.1) is 11.3 Å². The molecule has 11 rings (SSSR count). The van der Waals surface area contributed by atoms with Crippen LogP contribution in [0, 0.1) is 0 Å². The predicted octanol–water partition coefficient (Wildman–Crippen LogP) is 11.1. The quantitative estimate of drug-likeness (QED) is 0.161. The maximum Gasteiger partial charge on any atom is 0.265 e. The monoisotopic (exact) mass is 676 g/mol. The molecular weight excluding hydrogens is 639 g/mol. The van der Waals surface area contributed by atoms with Crippen LogP contribution < -0.4 is 20.6 Å². The Balaban J connectivity index is 1.34. The molecular formula is C46H37BN2OS. The number of anilines is 3. The van der Waals surface area contributed by atoms with Gasteiger partial charge in [0.2, 0.25) is 0 Å². The van der Waals surface area contributed by atoms with E-state index in [2.05, 4.69) is 166 Å². The van der Waals surface area contributed by atoms with Crippen molar-refractivity contribution < 1.29 is 4.42 Å². The van der Waals surface area contributed by atoms with E-state index in [0.29, 0.717) is 0 Å². The number of fused-ring (bicyclic) bond motifs is 13. The lowest BCUT2D eigenvalue weighted by molar-refractivity contribution is 0.590. The van der Waals surface area contributed by atoms with Gasteiger partial charge in [0.1, 0.15) is 11.2 Å². The summed E-state index contributed by atoms with van der Waals surface area (Å²) in [5.41, 5.74) is 14.9. The number of nitrogens with zero attached hydrogens (tertiary/aromatic N) is 2. The molecule has 0 spiro atoms. The summed E-state index contributed by atoms with van der Waals surface area (Å²) < 4.78 is 12.0. The first-order valence-electron chi connectivity index (χ1n) is 18.1. The summed E-state index contributed by atoms with van der Waals surface area (Å²) in [6.07, 6.45) is 0. The molecule has 0 radical (unpaired) electrons. The topological polar surface area (TPSA) is 21.3 Å². The first kappa shape index (κ1) is 29.5. The van der Waals surface area contributed by atoms with E-state index >= 15 is 0 Å². The van der Waals surface area contributed by atoms with Gasteiger partial charge in [-0.05, 0) is 87.5 Å². The van der Waals surface area contributed by atoms with E-state index in [-0.39, 0.29) is 17.5 Å². The average molecular weight is 677 g/mol. The Bertz CT molecular complexity index is 2950. The molecule has 0 saturated carbocycles. The number of furan rings is 1. The van der Waals surface area contributed by atoms with Crippen LogP contribution in [0.4, 0.5) is 17.1 Å². The van der Waals surface area contributed by atoms with Crippen molar-refractivity contribution in [3.63, 3.8) is 0 Å². The molecule has 0 N–H and O–H groups in total. The van der Waals surface area contributed by atoms with Crippen molar-refractivity contribution >= 4 is 105 Å². The SMILES string of the molecule is CC(C)(C)c1ccc(N2c3cccc4c3B(c3sc5ccc(C(C)(C)C)cc5c32)c2c3c(cc5c6ccccc6n-4c25)oc2ccccc23)cc1. The molecule has 5 heteroatoms. The van der Waals surface area contributed by atoms with Gasteiger partial charge in [0, 0.05) is 53.5 Å². The van der Waals surface area contributed by atoms with Crippen molar-refractivity contribution in [2.24, 2.45) is 0 Å². The Morgan fingerprint density at radius 3 is 2.08 bits per heavy atom. The summed E-state index contributed by atoms with van der Waals surface area (Å²) in [5.74, 6) is 0. The molecule has 9 aromatic rings. The number of hydrogen-bond donors (Lipinski definition) is 0. The number of rotatable bonds is 1. The normalized spacial score (nSPS) is 14.0. The maximum atomic E-state index is 6.73. The lowest BCUT2D eigenvalue weighted by Gasteiger charge is -2.39. The highest BCUT2D eigenvalue weighted by Gasteiger charge is 2.45. The smallest absolute Gasteiger partial charge is 0.265 e. The molecule has 0 aliphatic carbocycles. The van der Waals surface area contributed by atoms with Crippen LogP contribution in [-0.2, 0) is 10.8 Å². The first-order chi connectivity index (χ1) is 24.6. The Labute approximate surface area is 301 Å². The maximum absolute atomic E-state index is 6.73. The molecule has 0 bridgehead atoms. The van der Waals surface area contributed by atoms with Crippen LogP contribution in [0.1, 0.15) is 52.7 Å². The van der Waals surface area contributed by atoms with Gasteiger partial charge in [-0.2, -0.15) is 0 Å². The van der Waals surface area contributed by atoms with Crippen LogP contribution in [0.25, 0.3) is 59.5 Å². The van der Waals surface area contributed by atoms with Crippen LogP contribution in [0.2, 0.25) is 0 Å². The van der Waals surface area contributed by atoms with Gasteiger partial charge in [0.15, 0.2) is 0 Å². The van der Waals surface area contributed by atoms with Crippen LogP contribution in [0.3, 0.4) is 0 Å². The molecule has 2 aliphatic rings. The second-order valence-electron chi connectivity index (χ2n) is 16.6. The van der Waals surface area contributed by atoms with Gasteiger partial charge < -0.3 is 13.9 Å². The van der Waals surface area contributed by atoms with Gasteiger partial charge in [0.25, 0.3) is 6.71 Å². The lowest BCUT2D eigenvalue weighted by atomic mass is 9.36. The fourth-order valence-corrected chi connectivity index (χ4v) is 10.3. The summed E-state index contributed by atoms with van der Waals surface area (Å²) in [6.45, 7) is 13.9. The summed E-state index contributed by atoms with van der Waals surface area (Å²) in [7, 11) is 0. The van der Waals surface area contributed by atoms with Gasteiger partial charge in [-0.25, -0.2) is 0 Å². The van der Waals surface area contributed by atoms with Crippen molar-refractivity contribution in [3.8, 4) is 5.69 Å². The third-order valence-electron chi connectivity index (χ3n) is 11.5. The van der Waals surface area contributed by atoms with Crippen molar-refractivity contribution in [2.75, 3.05) is 4.90 Å². The third-order valence-corrected chi connectivity index (χ3v) is 12.7. The zero-order chi connectivity index (χ0) is 34.6. The minimum Gasteiger partial charge on any atom is -0.456 e. The van der Waals surface area contributed by atoms with E-state index in [9.17, 15) is 0 Å². The Morgan fingerprint density at radius 2 is 1.29 bits per heavy atom. The highest BCUT2D eigenvalue weighted by Crippen LogP contribution is 2.48. The molecule has 0 fully saturated rings. The van der Waals surface area contributed by atoms with E-state index in [1.807, 2.05) is 11.3 Å². The zero-order valence-corrected chi connectivity index (χ0v) is 30.6. The highest BCUT2D eigenvalue weighted by atomic mass is 32.1. The van der Waals surface area contributed by atoms with Gasteiger partial charge in [-0.1, -0.05) is 102 Å². The van der Waals surface area contributed by atoms with Gasteiger partial charge in [0.05, 0.1) is 16.7 Å². The second kappa shape index (κ2) is 9.74. The lowest BCUT2D eigenvalue weighted by Crippen LogP contribution is -2.59. The number of para-hydroxylation sites is 2. The molecule has 51 heavy (non-hydrogen) atoms. The van der Waals surface area contributed by atoms with E-state index in [4.69, 9.17) is 4.42 Å². The number of thiophene rings is 1. The molecule has 0 saturated heterocycles. The van der Waals surface area contributed by atoms with Crippen LogP contribution in [0.5, 0.6) is 0 Å². The van der Waals surface area contributed by atoms with Crippen molar-refractivity contribution in [3.05, 3.63) is 126 Å². The van der Waals surface area contributed by atoms with Crippen molar-refractivity contribution in [1.29, 1.82) is 0 Å². The summed E-state index contributed by atoms with van der Waals surface area (Å²) in [5, 5.41) is 6.24. The molecule has 246 valence electrons. The van der Waals surface area contributed by atoms with Gasteiger partial charge >= 0.3 is 0 Å². The molecule has 3 aromatic heterocycles. The van der Waals surface area contributed by atoms with Crippen molar-refractivity contribution in [2.45, 2.75) is 52.4 Å². The van der Waals surface area contributed by atoms with Crippen LogP contribution in [0.15, 0.2) is 120 Å². The molecule has 0 unspecified atom stereocenters. The highest BCUT2D eigenvalue weighted by molar-refractivity contribution is 7.34. The largest absolute Gasteiger partial charge is 0.456 e. The molecule has 2 aliphatic heterocycles. The van der Waals surface area contributed by atoms with E-state index in [1.54, 1.807) is 0 Å². The average Bonchev–Trinajstić information content (AvgIpc) is 3.79. The van der Waals surface area contributed by atoms with E-state index < -0.39 is 0 Å². The zero-order valence-electron chi connectivity index (χ0n) is 29.8. The minimum atomic E-state index is 0.0290. The summed E-state index contributed by atoms with van der Waals surface area (Å²) >= 11 is 1.96. The molecule has 0 amide bonds. The van der Waals surface area contributed by atoms with Crippen molar-refractivity contribution in [1.82, 2.24) is 4.57 Å². The number of aromatic nitrogens is 1.